The molecule has 1 aliphatic rings. The Morgan fingerprint density at radius 3 is 1.74 bits per heavy atom. The lowest BCUT2D eigenvalue weighted by molar-refractivity contribution is 0.474. The first kappa shape index (κ1) is 18.0. The molecule has 3 heteroatoms. The molecule has 0 fully saturated rings. The van der Waals surface area contributed by atoms with Crippen molar-refractivity contribution in [1.29, 1.82) is 5.26 Å². The van der Waals surface area contributed by atoms with Crippen LogP contribution in [0, 0.1) is 17.9 Å². The molecule has 2 aromatic rings. The third kappa shape index (κ3) is 3.59. The number of hydrogen-bond donors (Lipinski definition) is 0. The van der Waals surface area contributed by atoms with Crippen LogP contribution in [0.3, 0.4) is 0 Å². The fourth-order valence-corrected chi connectivity index (χ4v) is 2.18. The minimum absolute atomic E-state index is 0.0863. The molecule has 0 saturated carbocycles. The highest BCUT2D eigenvalue weighted by molar-refractivity contribution is 5.91. The summed E-state index contributed by atoms with van der Waals surface area (Å²) in [5, 5.41) is 9.17. The Bertz CT molecular complexity index is 713. The van der Waals surface area contributed by atoms with E-state index in [4.69, 9.17) is 16.6 Å². The number of fused-ring (bicyclic) bond motifs is 2. The first-order chi connectivity index (χ1) is 11.3. The highest BCUT2D eigenvalue weighted by Gasteiger charge is 2.24. The molecule has 0 bridgehead atoms. The van der Waals surface area contributed by atoms with Gasteiger partial charge in [-0.05, 0) is 12.1 Å². The van der Waals surface area contributed by atoms with Crippen LogP contribution in [0.25, 0.3) is 10.4 Å². The van der Waals surface area contributed by atoms with Gasteiger partial charge in [0.2, 0.25) is 0 Å². The molecule has 116 valence electrons. The molecule has 0 spiro atoms. The smallest absolute Gasteiger partial charge is 0.270 e. The minimum Gasteiger partial charge on any atom is -0.456 e. The molecule has 1 heterocycles. The van der Waals surface area contributed by atoms with Crippen LogP contribution in [0.5, 0.6) is 11.5 Å². The Balaban J connectivity index is 0.000000615. The molecule has 0 aromatic heterocycles. The van der Waals surface area contributed by atoms with Crippen LogP contribution in [0.2, 0.25) is 0 Å². The van der Waals surface area contributed by atoms with Gasteiger partial charge in [0, 0.05) is 16.7 Å². The van der Waals surface area contributed by atoms with E-state index in [9.17, 15) is 0 Å². The molecule has 0 amide bonds. The second kappa shape index (κ2) is 9.07. The zero-order valence-corrected chi connectivity index (χ0v) is 13.9. The monoisotopic (exact) mass is 304 g/mol. The minimum atomic E-state index is 0.0863. The van der Waals surface area contributed by atoms with Gasteiger partial charge in [-0.25, -0.2) is 10.1 Å². The lowest BCUT2D eigenvalue weighted by atomic mass is 9.92. The molecule has 0 unspecified atom stereocenters. The summed E-state index contributed by atoms with van der Waals surface area (Å²) in [4.78, 5) is 3.34. The summed E-state index contributed by atoms with van der Waals surface area (Å²) < 4.78 is 5.80. The van der Waals surface area contributed by atoms with Crippen LogP contribution >= 0.6 is 0 Å². The van der Waals surface area contributed by atoms with Gasteiger partial charge in [-0.2, -0.15) is 0 Å². The second-order valence-corrected chi connectivity index (χ2v) is 4.04. The maximum Gasteiger partial charge on any atom is 0.270 e. The number of nitrogens with zero attached hydrogens (tertiary/aromatic N) is 2. The first-order valence-corrected chi connectivity index (χ1v) is 7.73. The van der Waals surface area contributed by atoms with Gasteiger partial charge in [0.15, 0.2) is 0 Å². The molecule has 3 nitrogen and oxygen atoms in total. The molecule has 0 aliphatic carbocycles. The van der Waals surface area contributed by atoms with E-state index >= 15 is 0 Å². The lowest BCUT2D eigenvalue weighted by Crippen LogP contribution is -2.03. The molecule has 0 atom stereocenters. The summed E-state index contributed by atoms with van der Waals surface area (Å²) in [6, 6.07) is 16.9. The van der Waals surface area contributed by atoms with Gasteiger partial charge in [-0.3, -0.25) is 0 Å². The summed E-state index contributed by atoms with van der Waals surface area (Å²) >= 11 is 0. The normalized spacial score (nSPS) is 9.91. The van der Waals surface area contributed by atoms with E-state index in [0.717, 1.165) is 11.1 Å². The van der Waals surface area contributed by atoms with Gasteiger partial charge in [-0.15, -0.1) is 0 Å². The van der Waals surface area contributed by atoms with Crippen molar-refractivity contribution < 1.29 is 4.74 Å². The molecule has 2 aromatic carbocycles. The van der Waals surface area contributed by atoms with Crippen molar-refractivity contribution in [3.05, 3.63) is 76.8 Å². The van der Waals surface area contributed by atoms with E-state index in [2.05, 4.69) is 4.85 Å². The Labute approximate surface area is 138 Å². The highest BCUT2D eigenvalue weighted by atomic mass is 16.5. The predicted molar refractivity (Wildman–Crippen MR) is 93.9 cm³/mol. The number of para-hydroxylation sites is 2. The van der Waals surface area contributed by atoms with Crippen LogP contribution in [-0.4, -0.2) is 0 Å². The average molecular weight is 304 g/mol. The average Bonchev–Trinajstić information content (AvgIpc) is 2.65. The summed E-state index contributed by atoms with van der Waals surface area (Å²) in [5.74, 6) is 1.35. The molecule has 0 N–H and O–H groups in total. The van der Waals surface area contributed by atoms with Gasteiger partial charge in [0.05, 0.1) is 12.6 Å². The predicted octanol–water partition coefficient (Wildman–Crippen LogP) is 6.05. The number of nitriles is 1. The van der Waals surface area contributed by atoms with Crippen LogP contribution in [0.15, 0.2) is 54.2 Å². The first-order valence-electron chi connectivity index (χ1n) is 7.73. The third-order valence-corrected chi connectivity index (χ3v) is 2.99. The van der Waals surface area contributed by atoms with Crippen molar-refractivity contribution >= 4 is 5.57 Å². The third-order valence-electron chi connectivity index (χ3n) is 2.99. The summed E-state index contributed by atoms with van der Waals surface area (Å²) in [5.41, 5.74) is 2.31. The molecular formula is C20H20N2O. The van der Waals surface area contributed by atoms with E-state index in [0.29, 0.717) is 17.1 Å². The van der Waals surface area contributed by atoms with Gasteiger partial charge in [0.1, 0.15) is 11.5 Å². The van der Waals surface area contributed by atoms with Crippen LogP contribution in [0.4, 0.5) is 0 Å². The van der Waals surface area contributed by atoms with Crippen molar-refractivity contribution in [2.45, 2.75) is 27.7 Å². The van der Waals surface area contributed by atoms with E-state index in [1.54, 1.807) is 0 Å². The van der Waals surface area contributed by atoms with Crippen molar-refractivity contribution in [3.8, 4) is 17.6 Å². The molecule has 23 heavy (non-hydrogen) atoms. The van der Waals surface area contributed by atoms with Gasteiger partial charge < -0.3 is 4.74 Å². The maximum atomic E-state index is 9.17. The van der Waals surface area contributed by atoms with Gasteiger partial charge in [0.25, 0.3) is 5.70 Å². The Morgan fingerprint density at radius 1 is 0.913 bits per heavy atom. The topological polar surface area (TPSA) is 37.4 Å². The van der Waals surface area contributed by atoms with E-state index in [1.807, 2.05) is 82.3 Å². The van der Waals surface area contributed by atoms with Gasteiger partial charge in [-0.1, -0.05) is 64.1 Å². The van der Waals surface area contributed by atoms with Crippen molar-refractivity contribution in [1.82, 2.24) is 0 Å². The molecule has 1 aliphatic heterocycles. The molecule has 3 rings (SSSR count). The maximum absolute atomic E-state index is 9.17. The van der Waals surface area contributed by atoms with Gasteiger partial charge >= 0.3 is 0 Å². The van der Waals surface area contributed by atoms with Crippen molar-refractivity contribution in [2.75, 3.05) is 0 Å². The standard InChI is InChI=1S/C16H8N2O.2C2H6/c1-18-13(10-17)16-11-6-2-4-8-14(11)19-15-9-5-3-7-12(15)16;2*1-2/h2-9H;2*1-2H3. The summed E-state index contributed by atoms with van der Waals surface area (Å²) in [7, 11) is 0. The van der Waals surface area contributed by atoms with E-state index in [-0.39, 0.29) is 5.70 Å². The number of rotatable bonds is 0. The zero-order chi connectivity index (χ0) is 17.2. The number of ether oxygens (including phenoxy) is 1. The lowest BCUT2D eigenvalue weighted by Gasteiger charge is -2.22. The number of allylic oxidation sites excluding steroid dienone is 1. The van der Waals surface area contributed by atoms with E-state index in [1.165, 1.54) is 0 Å². The Hall–Kier alpha value is -3.04. The number of hydrogen-bond acceptors (Lipinski definition) is 2. The zero-order valence-electron chi connectivity index (χ0n) is 13.9. The Kier molecular flexibility index (Phi) is 7.11. The van der Waals surface area contributed by atoms with Crippen LogP contribution < -0.4 is 4.74 Å². The fourth-order valence-electron chi connectivity index (χ4n) is 2.18. The summed E-state index contributed by atoms with van der Waals surface area (Å²) in [6.07, 6.45) is 0. The van der Waals surface area contributed by atoms with Crippen LogP contribution in [-0.2, 0) is 0 Å². The molecule has 0 saturated heterocycles. The SMILES string of the molecule is CC.CC.[C-]#[N+]C(C#N)=C1c2ccccc2Oc2ccccc21. The van der Waals surface area contributed by atoms with Crippen molar-refractivity contribution in [3.63, 3.8) is 0 Å². The van der Waals surface area contributed by atoms with E-state index < -0.39 is 0 Å². The molecule has 0 radical (unpaired) electrons. The number of benzene rings is 2. The van der Waals surface area contributed by atoms with Crippen molar-refractivity contribution in [2.24, 2.45) is 0 Å². The summed E-state index contributed by atoms with van der Waals surface area (Å²) in [6.45, 7) is 15.2. The largest absolute Gasteiger partial charge is 0.456 e. The second-order valence-electron chi connectivity index (χ2n) is 4.04. The fraction of sp³-hybridized carbons (Fsp3) is 0.200. The Morgan fingerprint density at radius 2 is 1.35 bits per heavy atom. The quantitative estimate of drug-likeness (QED) is 0.374. The molecular weight excluding hydrogens is 284 g/mol. The highest BCUT2D eigenvalue weighted by Crippen LogP contribution is 2.44. The van der Waals surface area contributed by atoms with Crippen LogP contribution in [0.1, 0.15) is 38.8 Å².